The number of benzene rings is 1. The van der Waals surface area contributed by atoms with Crippen LogP contribution in [0.25, 0.3) is 11.3 Å². The molecule has 5 heteroatoms. The van der Waals surface area contributed by atoms with Gasteiger partial charge in [0.15, 0.2) is 5.69 Å². The highest BCUT2D eigenvalue weighted by atomic mass is 16.5. The fourth-order valence-corrected chi connectivity index (χ4v) is 2.27. The van der Waals surface area contributed by atoms with E-state index in [9.17, 15) is 4.79 Å². The Balaban J connectivity index is 1.98. The first-order valence-corrected chi connectivity index (χ1v) is 6.68. The Hall–Kier alpha value is -2.30. The van der Waals surface area contributed by atoms with E-state index in [2.05, 4.69) is 5.10 Å². The monoisotopic (exact) mass is 272 g/mol. The molecule has 0 atom stereocenters. The van der Waals surface area contributed by atoms with Gasteiger partial charge in [-0.1, -0.05) is 12.1 Å². The number of carboxylic acid groups (broad SMARTS) is 1. The van der Waals surface area contributed by atoms with Crippen LogP contribution in [0, 0.1) is 0 Å². The molecule has 0 amide bonds. The minimum absolute atomic E-state index is 0.0425. The smallest absolute Gasteiger partial charge is 0.356 e. The topological polar surface area (TPSA) is 64.4 Å². The van der Waals surface area contributed by atoms with Gasteiger partial charge in [-0.25, -0.2) is 4.79 Å². The molecule has 0 saturated heterocycles. The van der Waals surface area contributed by atoms with E-state index in [1.54, 1.807) is 17.8 Å². The Morgan fingerprint density at radius 3 is 2.75 bits per heavy atom. The van der Waals surface area contributed by atoms with Gasteiger partial charge in [-0.15, -0.1) is 0 Å². The van der Waals surface area contributed by atoms with Crippen LogP contribution in [0.5, 0.6) is 5.75 Å². The zero-order valence-corrected chi connectivity index (χ0v) is 11.2. The number of rotatable bonds is 4. The average molecular weight is 272 g/mol. The number of carboxylic acids is 1. The first-order chi connectivity index (χ1) is 9.65. The molecule has 0 aliphatic heterocycles. The lowest BCUT2D eigenvalue weighted by atomic mass is 9.96. The lowest BCUT2D eigenvalue weighted by Crippen LogP contribution is -2.24. The van der Waals surface area contributed by atoms with Gasteiger partial charge in [-0.2, -0.15) is 5.10 Å². The Morgan fingerprint density at radius 1 is 1.40 bits per heavy atom. The molecule has 1 fully saturated rings. The van der Waals surface area contributed by atoms with E-state index in [0.29, 0.717) is 0 Å². The van der Waals surface area contributed by atoms with Crippen molar-refractivity contribution in [3.8, 4) is 17.0 Å². The van der Waals surface area contributed by atoms with Crippen molar-refractivity contribution in [1.82, 2.24) is 9.78 Å². The van der Waals surface area contributed by atoms with Crippen molar-refractivity contribution in [2.45, 2.75) is 25.4 Å². The van der Waals surface area contributed by atoms with Crippen molar-refractivity contribution in [2.75, 3.05) is 0 Å². The second kappa shape index (κ2) is 5.00. The molecular formula is C15H16N2O3. The van der Waals surface area contributed by atoms with Crippen molar-refractivity contribution >= 4 is 5.97 Å². The molecule has 0 spiro atoms. The number of hydrogen-bond donors (Lipinski definition) is 1. The molecule has 5 nitrogen and oxygen atoms in total. The molecule has 1 aliphatic rings. The minimum atomic E-state index is -1.02. The molecule has 0 unspecified atom stereocenters. The molecule has 1 aromatic heterocycles. The fourth-order valence-electron chi connectivity index (χ4n) is 2.27. The SMILES string of the molecule is Cn1nc(C(=O)O)cc1-c1ccccc1OC1CCC1. The maximum Gasteiger partial charge on any atom is 0.356 e. The van der Waals surface area contributed by atoms with Crippen LogP contribution in [0.1, 0.15) is 29.8 Å². The van der Waals surface area contributed by atoms with Crippen molar-refractivity contribution < 1.29 is 14.6 Å². The van der Waals surface area contributed by atoms with Gasteiger partial charge in [0.2, 0.25) is 0 Å². The minimum Gasteiger partial charge on any atom is -0.490 e. The van der Waals surface area contributed by atoms with Gasteiger partial charge in [0.1, 0.15) is 5.75 Å². The van der Waals surface area contributed by atoms with Crippen molar-refractivity contribution in [1.29, 1.82) is 0 Å². The average Bonchev–Trinajstić information content (AvgIpc) is 2.77. The summed E-state index contributed by atoms with van der Waals surface area (Å²) >= 11 is 0. The van der Waals surface area contributed by atoms with Gasteiger partial charge < -0.3 is 9.84 Å². The number of carbonyl (C=O) groups is 1. The van der Waals surface area contributed by atoms with Crippen LogP contribution < -0.4 is 4.74 Å². The number of ether oxygens (including phenoxy) is 1. The lowest BCUT2D eigenvalue weighted by molar-refractivity contribution is 0.0689. The molecule has 1 saturated carbocycles. The quantitative estimate of drug-likeness (QED) is 0.929. The van der Waals surface area contributed by atoms with Crippen molar-refractivity contribution in [2.24, 2.45) is 7.05 Å². The summed E-state index contributed by atoms with van der Waals surface area (Å²) in [4.78, 5) is 11.0. The molecule has 2 aromatic rings. The van der Waals surface area contributed by atoms with Crippen LogP contribution >= 0.6 is 0 Å². The summed E-state index contributed by atoms with van der Waals surface area (Å²) in [6.07, 6.45) is 3.66. The van der Waals surface area contributed by atoms with Gasteiger partial charge >= 0.3 is 5.97 Å². The number of aryl methyl sites for hydroxylation is 1. The summed E-state index contributed by atoms with van der Waals surface area (Å²) in [6.45, 7) is 0. The maximum absolute atomic E-state index is 11.0. The van der Waals surface area contributed by atoms with E-state index in [1.807, 2.05) is 24.3 Å². The first kappa shape index (κ1) is 12.7. The molecular weight excluding hydrogens is 256 g/mol. The highest BCUT2D eigenvalue weighted by Gasteiger charge is 2.22. The summed E-state index contributed by atoms with van der Waals surface area (Å²) in [5.41, 5.74) is 1.67. The van der Waals surface area contributed by atoms with Crippen LogP contribution in [-0.2, 0) is 7.05 Å². The molecule has 0 radical (unpaired) electrons. The third kappa shape index (κ3) is 2.27. The normalized spacial score (nSPS) is 14.8. The van der Waals surface area contributed by atoms with Gasteiger partial charge in [0.25, 0.3) is 0 Å². The Labute approximate surface area is 116 Å². The molecule has 20 heavy (non-hydrogen) atoms. The van der Waals surface area contributed by atoms with Gasteiger partial charge in [-0.3, -0.25) is 4.68 Å². The number of hydrogen-bond acceptors (Lipinski definition) is 3. The highest BCUT2D eigenvalue weighted by molar-refractivity contribution is 5.87. The standard InChI is InChI=1S/C15H16N2O3/c1-17-13(9-12(16-17)15(18)19)11-7-2-3-8-14(11)20-10-5-4-6-10/h2-3,7-10H,4-6H2,1H3,(H,18,19). The second-order valence-electron chi connectivity index (χ2n) is 5.01. The first-order valence-electron chi connectivity index (χ1n) is 6.68. The third-order valence-electron chi connectivity index (χ3n) is 3.61. The highest BCUT2D eigenvalue weighted by Crippen LogP contribution is 2.33. The number of aromatic nitrogens is 2. The summed E-state index contributed by atoms with van der Waals surface area (Å²) < 4.78 is 7.55. The third-order valence-corrected chi connectivity index (χ3v) is 3.61. The summed E-state index contributed by atoms with van der Waals surface area (Å²) in [7, 11) is 1.74. The van der Waals surface area contributed by atoms with E-state index in [-0.39, 0.29) is 11.8 Å². The molecule has 0 bridgehead atoms. The molecule has 1 aromatic carbocycles. The fraction of sp³-hybridized carbons (Fsp3) is 0.333. The van der Waals surface area contributed by atoms with Crippen LogP contribution in [0.4, 0.5) is 0 Å². The van der Waals surface area contributed by atoms with Crippen molar-refractivity contribution in [3.05, 3.63) is 36.0 Å². The predicted molar refractivity (Wildman–Crippen MR) is 73.9 cm³/mol. The molecule has 104 valence electrons. The molecule has 3 rings (SSSR count). The Bertz CT molecular complexity index is 644. The van der Waals surface area contributed by atoms with Crippen molar-refractivity contribution in [3.63, 3.8) is 0 Å². The second-order valence-corrected chi connectivity index (χ2v) is 5.01. The number of aromatic carboxylic acids is 1. The maximum atomic E-state index is 11.0. The van der Waals surface area contributed by atoms with E-state index in [1.165, 1.54) is 6.42 Å². The summed E-state index contributed by atoms with van der Waals surface area (Å²) in [5.74, 6) is -0.235. The lowest BCUT2D eigenvalue weighted by Gasteiger charge is -2.27. The predicted octanol–water partition coefficient (Wildman–Crippen LogP) is 2.72. The molecule has 1 heterocycles. The van der Waals surface area contributed by atoms with E-state index >= 15 is 0 Å². The summed E-state index contributed by atoms with van der Waals surface area (Å²) in [5, 5.41) is 13.0. The van der Waals surface area contributed by atoms with Crippen LogP contribution in [-0.4, -0.2) is 27.0 Å². The van der Waals surface area contributed by atoms with Crippen LogP contribution in [0.3, 0.4) is 0 Å². The zero-order valence-electron chi connectivity index (χ0n) is 11.2. The van der Waals surface area contributed by atoms with Gasteiger partial charge in [0.05, 0.1) is 11.8 Å². The Kier molecular flexibility index (Phi) is 3.18. The van der Waals surface area contributed by atoms with Crippen LogP contribution in [0.2, 0.25) is 0 Å². The van der Waals surface area contributed by atoms with E-state index in [0.717, 1.165) is 29.8 Å². The number of para-hydroxylation sites is 1. The molecule has 1 N–H and O–H groups in total. The number of nitrogens with zero attached hydrogens (tertiary/aromatic N) is 2. The summed E-state index contributed by atoms with van der Waals surface area (Å²) in [6, 6.07) is 9.26. The largest absolute Gasteiger partial charge is 0.490 e. The Morgan fingerprint density at radius 2 is 2.15 bits per heavy atom. The van der Waals surface area contributed by atoms with Gasteiger partial charge in [0, 0.05) is 12.6 Å². The zero-order chi connectivity index (χ0) is 14.1. The molecule has 1 aliphatic carbocycles. The van der Waals surface area contributed by atoms with Crippen LogP contribution in [0.15, 0.2) is 30.3 Å². The van der Waals surface area contributed by atoms with E-state index < -0.39 is 5.97 Å². The van der Waals surface area contributed by atoms with Gasteiger partial charge in [-0.05, 0) is 37.5 Å². The van der Waals surface area contributed by atoms with E-state index in [4.69, 9.17) is 9.84 Å².